The third kappa shape index (κ3) is 13.4. The van der Waals surface area contributed by atoms with Crippen LogP contribution in [0.3, 0.4) is 0 Å². The van der Waals surface area contributed by atoms with E-state index < -0.39 is 8.80 Å². The van der Waals surface area contributed by atoms with Crippen LogP contribution in [-0.4, -0.2) is 36.0 Å². The van der Waals surface area contributed by atoms with Gasteiger partial charge < -0.3 is 13.3 Å². The van der Waals surface area contributed by atoms with Crippen LogP contribution in [0.2, 0.25) is 6.04 Å². The minimum atomic E-state index is -2.33. The average Bonchev–Trinajstić information content (AvgIpc) is 2.59. The fraction of sp³-hybridized carbons (Fsp3) is 1.00. The molecule has 23 heavy (non-hydrogen) atoms. The first kappa shape index (κ1) is 23.4. The van der Waals surface area contributed by atoms with Gasteiger partial charge in [-0.25, -0.2) is 0 Å². The molecule has 140 valence electrons. The molecule has 0 spiro atoms. The second-order valence-electron chi connectivity index (χ2n) is 6.33. The molecule has 0 aromatic heterocycles. The van der Waals surface area contributed by atoms with E-state index in [1.54, 1.807) is 21.3 Å². The van der Waals surface area contributed by atoms with Gasteiger partial charge in [0.1, 0.15) is 0 Å². The Bertz CT molecular complexity index is 230. The summed E-state index contributed by atoms with van der Waals surface area (Å²) in [6.45, 7) is 0. The number of unbranched alkanes of at least 4 members (excludes halogenated alkanes) is 12. The van der Waals surface area contributed by atoms with Crippen LogP contribution < -0.4 is 0 Å². The van der Waals surface area contributed by atoms with Gasteiger partial charge in [0.2, 0.25) is 0 Å². The first-order valence-corrected chi connectivity index (χ1v) is 11.9. The highest BCUT2D eigenvalue weighted by molar-refractivity contribution is 6.60. The van der Waals surface area contributed by atoms with Gasteiger partial charge in [0.25, 0.3) is 0 Å². The van der Waals surface area contributed by atoms with Gasteiger partial charge in [0.05, 0.1) is 0 Å². The molecule has 0 unspecified atom stereocenters. The van der Waals surface area contributed by atoms with Gasteiger partial charge in [-0.3, -0.25) is 0 Å². The Hall–Kier alpha value is 0.387. The number of hydrogen-bond acceptors (Lipinski definition) is 3. The summed E-state index contributed by atoms with van der Waals surface area (Å²) in [5.41, 5.74) is 0. The summed E-state index contributed by atoms with van der Waals surface area (Å²) in [4.78, 5) is 0. The summed E-state index contributed by atoms with van der Waals surface area (Å²) < 4.78 is 16.3. The Balaban J connectivity index is 3.25. The van der Waals surface area contributed by atoms with Crippen LogP contribution in [-0.2, 0) is 13.3 Å². The van der Waals surface area contributed by atoms with Crippen molar-refractivity contribution < 1.29 is 13.3 Å². The normalized spacial score (nSPS) is 12.0. The molecule has 5 heteroatoms. The van der Waals surface area contributed by atoms with E-state index in [0.717, 1.165) is 18.3 Å². The Morgan fingerprint density at radius 2 is 0.826 bits per heavy atom. The lowest BCUT2D eigenvalue weighted by Crippen LogP contribution is -2.42. The van der Waals surface area contributed by atoms with Crippen LogP contribution in [0.5, 0.6) is 0 Å². The predicted molar refractivity (Wildman–Crippen MR) is 102 cm³/mol. The Labute approximate surface area is 150 Å². The molecule has 0 bridgehead atoms. The summed E-state index contributed by atoms with van der Waals surface area (Å²) in [5, 5.41) is 0. The zero-order chi connectivity index (χ0) is 17.2. The highest BCUT2D eigenvalue weighted by atomic mass is 35.5. The molecule has 0 N–H and O–H groups in total. The third-order valence-electron chi connectivity index (χ3n) is 4.55. The van der Waals surface area contributed by atoms with E-state index in [0.29, 0.717) is 0 Å². The molecule has 0 radical (unpaired) electrons. The summed E-state index contributed by atoms with van der Waals surface area (Å²) in [5.74, 6) is 0.825. The van der Waals surface area contributed by atoms with Gasteiger partial charge in [-0.1, -0.05) is 70.6 Å². The van der Waals surface area contributed by atoms with Gasteiger partial charge in [-0.15, -0.1) is 11.6 Å². The second kappa shape index (κ2) is 17.2. The van der Waals surface area contributed by atoms with E-state index in [1.807, 2.05) is 0 Å². The van der Waals surface area contributed by atoms with Gasteiger partial charge in [-0.2, -0.15) is 0 Å². The maximum Gasteiger partial charge on any atom is 0.500 e. The quantitative estimate of drug-likeness (QED) is 0.165. The third-order valence-corrected chi connectivity index (χ3v) is 7.65. The second-order valence-corrected chi connectivity index (χ2v) is 9.80. The molecule has 0 saturated carbocycles. The number of hydrogen-bond donors (Lipinski definition) is 0. The molecule has 0 aliphatic carbocycles. The molecule has 0 aromatic rings. The smallest absolute Gasteiger partial charge is 0.377 e. The van der Waals surface area contributed by atoms with Crippen LogP contribution in [0.1, 0.15) is 83.5 Å². The van der Waals surface area contributed by atoms with Crippen molar-refractivity contribution in [1.29, 1.82) is 0 Å². The monoisotopic (exact) mass is 366 g/mol. The molecule has 0 aliphatic heterocycles. The molecule has 0 aromatic carbocycles. The van der Waals surface area contributed by atoms with Crippen molar-refractivity contribution in [3.8, 4) is 0 Å². The molecular formula is C18H39ClO3Si. The number of alkyl halides is 1. The number of halogens is 1. The molecular weight excluding hydrogens is 328 g/mol. The zero-order valence-corrected chi connectivity index (χ0v) is 17.5. The van der Waals surface area contributed by atoms with Crippen molar-refractivity contribution in [3.63, 3.8) is 0 Å². The Kier molecular flexibility index (Phi) is 17.5. The highest BCUT2D eigenvalue weighted by Crippen LogP contribution is 2.18. The number of rotatable bonds is 18. The van der Waals surface area contributed by atoms with Gasteiger partial charge in [-0.05, 0) is 12.8 Å². The zero-order valence-electron chi connectivity index (χ0n) is 15.7. The fourth-order valence-electron chi connectivity index (χ4n) is 2.94. The molecule has 0 fully saturated rings. The first-order chi connectivity index (χ1) is 11.2. The molecule has 0 amide bonds. The van der Waals surface area contributed by atoms with Crippen LogP contribution in [0.15, 0.2) is 0 Å². The topological polar surface area (TPSA) is 27.7 Å². The van der Waals surface area contributed by atoms with Crippen LogP contribution in [0, 0.1) is 0 Å². The van der Waals surface area contributed by atoms with Crippen molar-refractivity contribution in [3.05, 3.63) is 0 Å². The average molecular weight is 367 g/mol. The van der Waals surface area contributed by atoms with E-state index in [2.05, 4.69) is 0 Å². The van der Waals surface area contributed by atoms with Crippen LogP contribution in [0.4, 0.5) is 0 Å². The van der Waals surface area contributed by atoms with Gasteiger partial charge in [0, 0.05) is 33.3 Å². The van der Waals surface area contributed by atoms with Crippen molar-refractivity contribution in [2.24, 2.45) is 0 Å². The molecule has 0 atom stereocenters. The van der Waals surface area contributed by atoms with Gasteiger partial charge in [0.15, 0.2) is 0 Å². The molecule has 0 rings (SSSR count). The van der Waals surface area contributed by atoms with E-state index in [4.69, 9.17) is 24.9 Å². The standard InChI is InChI=1S/C18H39ClO3Si/c1-20-23(21-2,22-3)18-16-14-12-10-8-6-4-5-7-9-11-13-15-17-19/h4-18H2,1-3H3. The predicted octanol–water partition coefficient (Wildman–Crippen LogP) is 6.17. The lowest BCUT2D eigenvalue weighted by Gasteiger charge is -2.24. The van der Waals surface area contributed by atoms with Crippen LogP contribution >= 0.6 is 11.6 Å². The maximum absolute atomic E-state index is 5.67. The summed E-state index contributed by atoms with van der Waals surface area (Å²) >= 11 is 5.67. The Morgan fingerprint density at radius 1 is 0.522 bits per heavy atom. The van der Waals surface area contributed by atoms with E-state index in [-0.39, 0.29) is 0 Å². The van der Waals surface area contributed by atoms with E-state index in [1.165, 1.54) is 77.0 Å². The van der Waals surface area contributed by atoms with E-state index in [9.17, 15) is 0 Å². The van der Waals surface area contributed by atoms with Crippen molar-refractivity contribution in [2.75, 3.05) is 27.2 Å². The SMILES string of the molecule is CO[Si](CCCCCCCCCCCCCCCCl)(OC)OC. The maximum atomic E-state index is 5.67. The fourth-order valence-corrected chi connectivity index (χ4v) is 4.92. The summed E-state index contributed by atoms with van der Waals surface area (Å²) in [7, 11) is 2.75. The first-order valence-electron chi connectivity index (χ1n) is 9.46. The molecule has 0 heterocycles. The molecule has 3 nitrogen and oxygen atoms in total. The van der Waals surface area contributed by atoms with E-state index >= 15 is 0 Å². The molecule has 0 aliphatic rings. The lowest BCUT2D eigenvalue weighted by molar-refractivity contribution is 0.122. The highest BCUT2D eigenvalue weighted by Gasteiger charge is 2.36. The Morgan fingerprint density at radius 3 is 1.13 bits per heavy atom. The van der Waals surface area contributed by atoms with Crippen LogP contribution in [0.25, 0.3) is 0 Å². The minimum Gasteiger partial charge on any atom is -0.377 e. The van der Waals surface area contributed by atoms with Crippen molar-refractivity contribution in [2.45, 2.75) is 89.5 Å². The van der Waals surface area contributed by atoms with Gasteiger partial charge >= 0.3 is 8.80 Å². The lowest BCUT2D eigenvalue weighted by atomic mass is 10.0. The van der Waals surface area contributed by atoms with Crippen molar-refractivity contribution >= 4 is 20.4 Å². The largest absolute Gasteiger partial charge is 0.500 e. The minimum absolute atomic E-state index is 0.825. The van der Waals surface area contributed by atoms with Crippen molar-refractivity contribution in [1.82, 2.24) is 0 Å². The summed E-state index contributed by atoms with van der Waals surface area (Å²) in [6, 6.07) is 0.931. The summed E-state index contributed by atoms with van der Waals surface area (Å²) in [6.07, 6.45) is 17.3. The molecule has 0 saturated heterocycles.